The maximum atomic E-state index is 11.4. The van der Waals surface area contributed by atoms with Gasteiger partial charge in [-0.2, -0.15) is 10.4 Å². The van der Waals surface area contributed by atoms with E-state index in [2.05, 4.69) is 5.10 Å². The standard InChI is InChI=1S/C15H15N3O2/c1-10-4-13(18-9-12(7-16)8-17-18)5-11(2)14(10)6-15(19)20-3/h4-5,8-9H,6H2,1-3H3. The second-order valence-electron chi connectivity index (χ2n) is 4.60. The minimum Gasteiger partial charge on any atom is -0.469 e. The van der Waals surface area contributed by atoms with E-state index >= 15 is 0 Å². The number of hydrogen-bond acceptors (Lipinski definition) is 4. The van der Waals surface area contributed by atoms with E-state index in [9.17, 15) is 4.79 Å². The van der Waals surface area contributed by atoms with E-state index in [1.54, 1.807) is 10.9 Å². The first-order chi connectivity index (χ1) is 9.55. The zero-order valence-corrected chi connectivity index (χ0v) is 11.7. The predicted molar refractivity (Wildman–Crippen MR) is 73.5 cm³/mol. The van der Waals surface area contributed by atoms with Gasteiger partial charge in [0.05, 0.1) is 31.0 Å². The number of nitrogens with zero attached hydrogens (tertiary/aromatic N) is 3. The summed E-state index contributed by atoms with van der Waals surface area (Å²) in [6.45, 7) is 3.90. The molecule has 1 heterocycles. The lowest BCUT2D eigenvalue weighted by Gasteiger charge is -2.12. The quantitative estimate of drug-likeness (QED) is 0.800. The predicted octanol–water partition coefficient (Wildman–Crippen LogP) is 2.08. The summed E-state index contributed by atoms with van der Waals surface area (Å²) < 4.78 is 6.36. The first-order valence-electron chi connectivity index (χ1n) is 6.17. The van der Waals surface area contributed by atoms with Crippen LogP contribution in [0.4, 0.5) is 0 Å². The van der Waals surface area contributed by atoms with Gasteiger partial charge in [-0.1, -0.05) is 0 Å². The van der Waals surface area contributed by atoms with Crippen LogP contribution >= 0.6 is 0 Å². The van der Waals surface area contributed by atoms with Crippen molar-refractivity contribution < 1.29 is 9.53 Å². The lowest BCUT2D eigenvalue weighted by molar-refractivity contribution is -0.139. The van der Waals surface area contributed by atoms with E-state index in [0.29, 0.717) is 5.56 Å². The molecule has 0 fully saturated rings. The second-order valence-corrected chi connectivity index (χ2v) is 4.60. The number of ether oxygens (including phenoxy) is 1. The molecule has 0 spiro atoms. The maximum absolute atomic E-state index is 11.4. The Labute approximate surface area is 117 Å². The Morgan fingerprint density at radius 3 is 2.55 bits per heavy atom. The van der Waals surface area contributed by atoms with E-state index in [1.165, 1.54) is 13.3 Å². The van der Waals surface area contributed by atoms with Crippen molar-refractivity contribution in [1.29, 1.82) is 5.26 Å². The van der Waals surface area contributed by atoms with E-state index < -0.39 is 0 Å². The molecule has 0 amide bonds. The van der Waals surface area contributed by atoms with Gasteiger partial charge >= 0.3 is 5.97 Å². The largest absolute Gasteiger partial charge is 0.469 e. The SMILES string of the molecule is COC(=O)Cc1c(C)cc(-n2cc(C#N)cn2)cc1C. The normalized spacial score (nSPS) is 10.1. The molecule has 0 saturated carbocycles. The molecule has 1 aromatic heterocycles. The highest BCUT2D eigenvalue weighted by atomic mass is 16.5. The van der Waals surface area contributed by atoms with Gasteiger partial charge in [0, 0.05) is 6.20 Å². The number of carbonyl (C=O) groups is 1. The third-order valence-corrected chi connectivity index (χ3v) is 3.21. The zero-order chi connectivity index (χ0) is 14.7. The van der Waals surface area contributed by atoms with Crippen LogP contribution in [0.15, 0.2) is 24.5 Å². The molecule has 0 N–H and O–H groups in total. The van der Waals surface area contributed by atoms with Crippen LogP contribution in [-0.2, 0) is 16.0 Å². The van der Waals surface area contributed by atoms with Gasteiger partial charge in [0.25, 0.3) is 0 Å². The van der Waals surface area contributed by atoms with Crippen LogP contribution in [0.2, 0.25) is 0 Å². The molecule has 0 atom stereocenters. The summed E-state index contributed by atoms with van der Waals surface area (Å²) in [7, 11) is 1.38. The lowest BCUT2D eigenvalue weighted by Crippen LogP contribution is -2.08. The molecule has 20 heavy (non-hydrogen) atoms. The molecule has 5 nitrogen and oxygen atoms in total. The van der Waals surface area contributed by atoms with E-state index in [4.69, 9.17) is 10.00 Å². The molecular formula is C15H15N3O2. The van der Waals surface area contributed by atoms with Gasteiger partial charge in [0.15, 0.2) is 0 Å². The Balaban J connectivity index is 2.39. The zero-order valence-electron chi connectivity index (χ0n) is 11.7. The molecule has 0 saturated heterocycles. The Kier molecular flexibility index (Phi) is 3.85. The monoisotopic (exact) mass is 269 g/mol. The van der Waals surface area contributed by atoms with Crippen molar-refractivity contribution in [1.82, 2.24) is 9.78 Å². The number of benzene rings is 1. The van der Waals surface area contributed by atoms with E-state index in [1.807, 2.05) is 32.0 Å². The van der Waals surface area contributed by atoms with Crippen LogP contribution < -0.4 is 0 Å². The van der Waals surface area contributed by atoms with Crippen LogP contribution in [0.25, 0.3) is 5.69 Å². The molecule has 1 aromatic carbocycles. The number of hydrogen-bond donors (Lipinski definition) is 0. The third-order valence-electron chi connectivity index (χ3n) is 3.21. The van der Waals surface area contributed by atoms with Crippen LogP contribution in [0.5, 0.6) is 0 Å². The molecule has 0 aliphatic rings. The minimum absolute atomic E-state index is 0.255. The summed E-state index contributed by atoms with van der Waals surface area (Å²) in [6.07, 6.45) is 3.46. The van der Waals surface area contributed by atoms with Crippen molar-refractivity contribution in [2.45, 2.75) is 20.3 Å². The molecule has 102 valence electrons. The van der Waals surface area contributed by atoms with Crippen LogP contribution in [0.1, 0.15) is 22.3 Å². The fourth-order valence-corrected chi connectivity index (χ4v) is 2.12. The van der Waals surface area contributed by atoms with Crippen LogP contribution in [0, 0.1) is 25.2 Å². The number of nitriles is 1. The van der Waals surface area contributed by atoms with Gasteiger partial charge in [-0.25, -0.2) is 4.68 Å². The highest BCUT2D eigenvalue weighted by Crippen LogP contribution is 2.20. The van der Waals surface area contributed by atoms with Gasteiger partial charge in [0.1, 0.15) is 6.07 Å². The molecule has 5 heteroatoms. The number of aryl methyl sites for hydroxylation is 2. The van der Waals surface area contributed by atoms with Crippen molar-refractivity contribution in [3.63, 3.8) is 0 Å². The Morgan fingerprint density at radius 1 is 1.40 bits per heavy atom. The Bertz CT molecular complexity index is 672. The molecule has 2 aromatic rings. The van der Waals surface area contributed by atoms with Crippen LogP contribution in [-0.4, -0.2) is 22.9 Å². The average Bonchev–Trinajstić information content (AvgIpc) is 2.91. The highest BCUT2D eigenvalue weighted by molar-refractivity contribution is 5.73. The number of rotatable bonds is 3. The average molecular weight is 269 g/mol. The fourth-order valence-electron chi connectivity index (χ4n) is 2.12. The Hall–Kier alpha value is -2.61. The Morgan fingerprint density at radius 2 is 2.05 bits per heavy atom. The summed E-state index contributed by atoms with van der Waals surface area (Å²) in [5.41, 5.74) is 4.35. The number of esters is 1. The van der Waals surface area contributed by atoms with Gasteiger partial charge in [-0.15, -0.1) is 0 Å². The van der Waals surface area contributed by atoms with Gasteiger partial charge in [0.2, 0.25) is 0 Å². The van der Waals surface area contributed by atoms with Crippen molar-refractivity contribution in [2.24, 2.45) is 0 Å². The summed E-state index contributed by atoms with van der Waals surface area (Å²) in [4.78, 5) is 11.4. The van der Waals surface area contributed by atoms with E-state index in [0.717, 1.165) is 22.4 Å². The van der Waals surface area contributed by atoms with E-state index in [-0.39, 0.29) is 12.4 Å². The molecule has 0 unspecified atom stereocenters. The molecule has 0 aliphatic heterocycles. The van der Waals surface area contributed by atoms with Crippen molar-refractivity contribution in [3.05, 3.63) is 46.8 Å². The summed E-state index contributed by atoms with van der Waals surface area (Å²) in [6, 6.07) is 5.93. The number of aromatic nitrogens is 2. The molecule has 0 bridgehead atoms. The highest BCUT2D eigenvalue weighted by Gasteiger charge is 2.11. The molecular weight excluding hydrogens is 254 g/mol. The molecule has 0 radical (unpaired) electrons. The number of methoxy groups -OCH3 is 1. The van der Waals surface area contributed by atoms with Gasteiger partial charge in [-0.3, -0.25) is 4.79 Å². The smallest absolute Gasteiger partial charge is 0.309 e. The van der Waals surface area contributed by atoms with Crippen LogP contribution in [0.3, 0.4) is 0 Å². The first-order valence-corrected chi connectivity index (χ1v) is 6.17. The van der Waals surface area contributed by atoms with Gasteiger partial charge in [-0.05, 0) is 42.7 Å². The third kappa shape index (κ3) is 2.69. The first kappa shape index (κ1) is 13.8. The van der Waals surface area contributed by atoms with Crippen molar-refractivity contribution in [2.75, 3.05) is 7.11 Å². The van der Waals surface area contributed by atoms with Crippen molar-refractivity contribution in [3.8, 4) is 11.8 Å². The topological polar surface area (TPSA) is 67.9 Å². The molecule has 2 rings (SSSR count). The fraction of sp³-hybridized carbons (Fsp3) is 0.267. The van der Waals surface area contributed by atoms with Crippen molar-refractivity contribution >= 4 is 5.97 Å². The minimum atomic E-state index is -0.255. The van der Waals surface area contributed by atoms with Gasteiger partial charge < -0.3 is 4.74 Å². The summed E-state index contributed by atoms with van der Waals surface area (Å²) in [5, 5.41) is 13.0. The molecule has 0 aliphatic carbocycles. The summed E-state index contributed by atoms with van der Waals surface area (Å²) >= 11 is 0. The number of carbonyl (C=O) groups excluding carboxylic acids is 1. The maximum Gasteiger partial charge on any atom is 0.309 e. The summed E-state index contributed by atoms with van der Waals surface area (Å²) in [5.74, 6) is -0.255. The lowest BCUT2D eigenvalue weighted by atomic mass is 9.99. The second kappa shape index (κ2) is 5.57.